The zero-order valence-corrected chi connectivity index (χ0v) is 20.0. The molecule has 1 saturated heterocycles. The predicted molar refractivity (Wildman–Crippen MR) is 138 cm³/mol. The monoisotopic (exact) mass is 441 g/mol. The summed E-state index contributed by atoms with van der Waals surface area (Å²) >= 11 is 0. The number of hydrogen-bond acceptors (Lipinski definition) is 3. The van der Waals surface area contributed by atoms with E-state index in [1.54, 1.807) is 0 Å². The average molecular weight is 442 g/mol. The minimum Gasteiger partial charge on any atom is -0.370 e. The Labute approximate surface area is 197 Å². The van der Waals surface area contributed by atoms with E-state index >= 15 is 0 Å². The second kappa shape index (κ2) is 9.56. The van der Waals surface area contributed by atoms with Crippen molar-refractivity contribution >= 4 is 28.1 Å². The third kappa shape index (κ3) is 4.49. The molecule has 4 heteroatoms. The number of nitrogens with zero attached hydrogens (tertiary/aromatic N) is 3. The highest BCUT2D eigenvalue weighted by molar-refractivity contribution is 6.26. The van der Waals surface area contributed by atoms with Crippen LogP contribution in [0.4, 0.5) is 11.4 Å². The van der Waals surface area contributed by atoms with Gasteiger partial charge in [0.25, 0.3) is 5.91 Å². The number of carbonyl (C=O) groups is 1. The molecule has 0 unspecified atom stereocenters. The van der Waals surface area contributed by atoms with Crippen LogP contribution in [0, 0.1) is 5.92 Å². The van der Waals surface area contributed by atoms with Crippen LogP contribution in [-0.4, -0.2) is 50.1 Å². The second-order valence-electron chi connectivity index (χ2n) is 9.91. The smallest absolute Gasteiger partial charge is 0.259 e. The first-order valence-electron chi connectivity index (χ1n) is 12.5. The molecule has 0 saturated carbocycles. The van der Waals surface area contributed by atoms with E-state index in [0.29, 0.717) is 5.92 Å². The molecule has 0 N–H and O–H groups in total. The third-order valence-corrected chi connectivity index (χ3v) is 7.02. The van der Waals surface area contributed by atoms with Crippen LogP contribution < -0.4 is 9.80 Å². The summed E-state index contributed by atoms with van der Waals surface area (Å²) in [6.07, 6.45) is 3.53. The summed E-state index contributed by atoms with van der Waals surface area (Å²) in [6.45, 7) is 10.6. The Hall–Kier alpha value is -2.85. The Bertz CT molecular complexity index is 1120. The number of anilines is 2. The molecule has 4 nitrogen and oxygen atoms in total. The largest absolute Gasteiger partial charge is 0.370 e. The maximum atomic E-state index is 13.1. The number of aryl methyl sites for hydroxylation is 1. The molecule has 1 amide bonds. The molecular weight excluding hydrogens is 406 g/mol. The average Bonchev–Trinajstić information content (AvgIpc) is 2.97. The minimum absolute atomic E-state index is 0.155. The Kier molecular flexibility index (Phi) is 6.37. The van der Waals surface area contributed by atoms with E-state index in [0.717, 1.165) is 62.3 Å². The molecule has 33 heavy (non-hydrogen) atoms. The van der Waals surface area contributed by atoms with E-state index < -0.39 is 0 Å². The normalized spacial score (nSPS) is 16.8. The van der Waals surface area contributed by atoms with Crippen molar-refractivity contribution in [2.24, 2.45) is 5.92 Å². The van der Waals surface area contributed by atoms with Crippen LogP contribution in [0.2, 0.25) is 0 Å². The summed E-state index contributed by atoms with van der Waals surface area (Å²) < 4.78 is 0. The lowest BCUT2D eigenvalue weighted by molar-refractivity contribution is 0.0990. The minimum atomic E-state index is 0.155. The van der Waals surface area contributed by atoms with Gasteiger partial charge < -0.3 is 14.7 Å². The Balaban J connectivity index is 1.30. The Morgan fingerprint density at radius 3 is 2.48 bits per heavy atom. The standard InChI is InChI=1S/C29H35N3O/c1-22(2)21-32-27-15-14-26(24-12-6-13-25(28(24)27)29(32)33)31-18-8-17-30(19-20-31)16-7-11-23-9-4-3-5-10-23/h3-6,9-10,12-15,22H,7-8,11,16-21H2,1-2H3. The fourth-order valence-corrected chi connectivity index (χ4v) is 5.44. The summed E-state index contributed by atoms with van der Waals surface area (Å²) in [5, 5.41) is 2.37. The van der Waals surface area contributed by atoms with Gasteiger partial charge in [-0.15, -0.1) is 0 Å². The van der Waals surface area contributed by atoms with Gasteiger partial charge in [0.2, 0.25) is 0 Å². The van der Waals surface area contributed by atoms with Crippen molar-refractivity contribution in [3.63, 3.8) is 0 Å². The van der Waals surface area contributed by atoms with Gasteiger partial charge in [-0.1, -0.05) is 56.3 Å². The van der Waals surface area contributed by atoms with Crippen molar-refractivity contribution in [1.29, 1.82) is 0 Å². The van der Waals surface area contributed by atoms with Gasteiger partial charge in [-0.3, -0.25) is 4.79 Å². The van der Waals surface area contributed by atoms with Gasteiger partial charge in [0.1, 0.15) is 0 Å². The molecular formula is C29H35N3O. The summed E-state index contributed by atoms with van der Waals surface area (Å²) in [7, 11) is 0. The van der Waals surface area contributed by atoms with E-state index in [1.807, 2.05) is 11.0 Å². The van der Waals surface area contributed by atoms with Gasteiger partial charge in [0.15, 0.2) is 0 Å². The van der Waals surface area contributed by atoms with Crippen molar-refractivity contribution in [1.82, 2.24) is 4.90 Å². The van der Waals surface area contributed by atoms with Crippen LogP contribution >= 0.6 is 0 Å². The molecule has 3 aromatic carbocycles. The first-order chi connectivity index (χ1) is 16.1. The predicted octanol–water partition coefficient (Wildman–Crippen LogP) is 5.60. The lowest BCUT2D eigenvalue weighted by atomic mass is 10.0. The van der Waals surface area contributed by atoms with Crippen LogP contribution in [0.25, 0.3) is 10.8 Å². The number of benzene rings is 3. The lowest BCUT2D eigenvalue weighted by Crippen LogP contribution is -2.31. The van der Waals surface area contributed by atoms with Crippen molar-refractivity contribution < 1.29 is 4.79 Å². The summed E-state index contributed by atoms with van der Waals surface area (Å²) in [5.74, 6) is 0.596. The molecule has 172 valence electrons. The molecule has 0 radical (unpaired) electrons. The molecule has 2 aliphatic rings. The second-order valence-corrected chi connectivity index (χ2v) is 9.91. The zero-order valence-electron chi connectivity index (χ0n) is 20.0. The van der Waals surface area contributed by atoms with Crippen LogP contribution in [0.1, 0.15) is 42.6 Å². The fourth-order valence-electron chi connectivity index (χ4n) is 5.44. The first kappa shape index (κ1) is 22.0. The van der Waals surface area contributed by atoms with Crippen LogP contribution in [0.5, 0.6) is 0 Å². The quantitative estimate of drug-likeness (QED) is 0.477. The molecule has 0 aromatic heterocycles. The maximum Gasteiger partial charge on any atom is 0.259 e. The highest BCUT2D eigenvalue weighted by Gasteiger charge is 2.31. The van der Waals surface area contributed by atoms with Gasteiger partial charge >= 0.3 is 0 Å². The molecule has 5 rings (SSSR count). The fraction of sp³-hybridized carbons (Fsp3) is 0.414. The van der Waals surface area contributed by atoms with E-state index in [2.05, 4.69) is 78.2 Å². The zero-order chi connectivity index (χ0) is 22.8. The van der Waals surface area contributed by atoms with Gasteiger partial charge in [-0.25, -0.2) is 0 Å². The summed E-state index contributed by atoms with van der Waals surface area (Å²) in [6, 6.07) is 21.5. The van der Waals surface area contributed by atoms with Crippen LogP contribution in [-0.2, 0) is 6.42 Å². The number of rotatable bonds is 7. The van der Waals surface area contributed by atoms with E-state index in [1.165, 1.54) is 29.5 Å². The third-order valence-electron chi connectivity index (χ3n) is 7.02. The maximum absolute atomic E-state index is 13.1. The first-order valence-corrected chi connectivity index (χ1v) is 12.5. The molecule has 0 spiro atoms. The Morgan fingerprint density at radius 1 is 0.848 bits per heavy atom. The van der Waals surface area contributed by atoms with E-state index in [9.17, 15) is 4.79 Å². The SMILES string of the molecule is CC(C)CN1C(=O)c2cccc3c(N4CCCN(CCCc5ccccc5)CC4)ccc1c23. The van der Waals surface area contributed by atoms with Gasteiger partial charge in [-0.05, 0) is 62.0 Å². The highest BCUT2D eigenvalue weighted by atomic mass is 16.2. The van der Waals surface area contributed by atoms with Crippen LogP contribution in [0.15, 0.2) is 60.7 Å². The molecule has 2 aliphatic heterocycles. The van der Waals surface area contributed by atoms with E-state index in [4.69, 9.17) is 0 Å². The summed E-state index contributed by atoms with van der Waals surface area (Å²) in [4.78, 5) is 20.2. The summed E-state index contributed by atoms with van der Waals surface area (Å²) in [5.41, 5.74) is 4.66. The molecule has 1 fully saturated rings. The van der Waals surface area contributed by atoms with Gasteiger partial charge in [-0.2, -0.15) is 0 Å². The van der Waals surface area contributed by atoms with Crippen molar-refractivity contribution in [2.45, 2.75) is 33.1 Å². The number of amides is 1. The molecule has 0 bridgehead atoms. The number of hydrogen-bond donors (Lipinski definition) is 0. The van der Waals surface area contributed by atoms with Crippen LogP contribution in [0.3, 0.4) is 0 Å². The lowest BCUT2D eigenvalue weighted by Gasteiger charge is -2.26. The Morgan fingerprint density at radius 2 is 1.67 bits per heavy atom. The number of carbonyl (C=O) groups excluding carboxylic acids is 1. The highest BCUT2D eigenvalue weighted by Crippen LogP contribution is 2.42. The molecule has 0 atom stereocenters. The molecule has 2 heterocycles. The van der Waals surface area contributed by atoms with Gasteiger partial charge in [0, 0.05) is 48.2 Å². The topological polar surface area (TPSA) is 26.8 Å². The molecule has 0 aliphatic carbocycles. The van der Waals surface area contributed by atoms with E-state index in [-0.39, 0.29) is 5.91 Å². The molecule has 3 aromatic rings. The van der Waals surface area contributed by atoms with Crippen molar-refractivity contribution in [3.8, 4) is 0 Å². The van der Waals surface area contributed by atoms with Crippen molar-refractivity contribution in [2.75, 3.05) is 49.1 Å². The van der Waals surface area contributed by atoms with Crippen molar-refractivity contribution in [3.05, 3.63) is 71.8 Å². The van der Waals surface area contributed by atoms with Gasteiger partial charge in [0.05, 0.1) is 5.69 Å².